The van der Waals surface area contributed by atoms with Gasteiger partial charge in [0.15, 0.2) is 5.65 Å². The Morgan fingerprint density at radius 3 is 2.56 bits per heavy atom. The van der Waals surface area contributed by atoms with Gasteiger partial charge in [0.25, 0.3) is 5.91 Å². The molecule has 3 aromatic rings. The molecule has 2 heterocycles. The summed E-state index contributed by atoms with van der Waals surface area (Å²) in [6, 6.07) is 4.66. The van der Waals surface area contributed by atoms with Crippen molar-refractivity contribution in [1.29, 1.82) is 0 Å². The molecule has 0 saturated heterocycles. The molecule has 1 amide bonds. The van der Waals surface area contributed by atoms with E-state index in [9.17, 15) is 9.59 Å². The number of rotatable bonds is 8. The quantitative estimate of drug-likeness (QED) is 0.421. The van der Waals surface area contributed by atoms with Crippen LogP contribution in [0.1, 0.15) is 54.1 Å². The summed E-state index contributed by atoms with van der Waals surface area (Å²) in [6.07, 6.45) is 5.94. The first-order valence-corrected chi connectivity index (χ1v) is 12.8. The molecule has 1 aliphatic carbocycles. The number of anilines is 1. The van der Waals surface area contributed by atoms with Crippen LogP contribution >= 0.6 is 11.6 Å². The summed E-state index contributed by atoms with van der Waals surface area (Å²) in [5.74, 6) is -0.0244. The number of carbonyl (C=O) groups excluding carboxylic acids is 1. The summed E-state index contributed by atoms with van der Waals surface area (Å²) in [5.41, 5.74) is 3.14. The largest absolute Gasteiger partial charge is 0.482 e. The number of nitrogens with one attached hydrogen (secondary N) is 3. The van der Waals surface area contributed by atoms with E-state index in [0.29, 0.717) is 39.4 Å². The number of carbonyl (C=O) groups is 1. The molecule has 1 fully saturated rings. The molecule has 0 radical (unpaired) electrons. The van der Waals surface area contributed by atoms with Crippen LogP contribution in [0.2, 0.25) is 5.02 Å². The maximum absolute atomic E-state index is 13.3. The Morgan fingerprint density at radius 1 is 1.22 bits per heavy atom. The lowest BCUT2D eigenvalue weighted by Gasteiger charge is -2.40. The first kappa shape index (κ1) is 26.0. The van der Waals surface area contributed by atoms with Crippen molar-refractivity contribution in [3.63, 3.8) is 0 Å². The number of aromatic amines is 2. The average molecular weight is 515 g/mol. The topological polar surface area (TPSA) is 106 Å². The van der Waals surface area contributed by atoms with Crippen molar-refractivity contribution in [2.75, 3.05) is 32.6 Å². The SMILES string of the molecule is CCN(c1cc(Cl)cc(C(=O)NCc2c(OC)[nH]c3nc[nH]c3c2=O)c1C)C1CCC(N(C)C)CC1. The fraction of sp³-hybridized carbons (Fsp3) is 0.500. The van der Waals surface area contributed by atoms with E-state index in [1.54, 1.807) is 6.07 Å². The third kappa shape index (κ3) is 5.08. The number of halogens is 1. The molecule has 0 atom stereocenters. The van der Waals surface area contributed by atoms with Crippen LogP contribution in [0.15, 0.2) is 23.3 Å². The van der Waals surface area contributed by atoms with Crippen LogP contribution in [0.4, 0.5) is 5.69 Å². The number of pyridine rings is 1. The monoisotopic (exact) mass is 514 g/mol. The predicted octanol–water partition coefficient (Wildman–Crippen LogP) is 3.85. The normalized spacial score (nSPS) is 18.0. The molecule has 0 spiro atoms. The number of H-pyrrole nitrogens is 2. The van der Waals surface area contributed by atoms with Gasteiger partial charge in [0.05, 0.1) is 25.5 Å². The minimum Gasteiger partial charge on any atom is -0.482 e. The number of methoxy groups -OCH3 is 1. The highest BCUT2D eigenvalue weighted by molar-refractivity contribution is 6.31. The van der Waals surface area contributed by atoms with Gasteiger partial charge in [0, 0.05) is 34.9 Å². The standard InChI is InChI=1S/C26H35ClN6O3/c1-6-33(18-9-7-17(8-10-18)32(3)4)21-12-16(27)11-19(15(21)2)25(35)28-13-20-23(34)22-24(30-14-29-22)31-26(20)36-5/h11-12,14,17-18H,6-10,13H2,1-5H3,(H,28,35)(H2,29,30,31,34). The predicted molar refractivity (Wildman–Crippen MR) is 143 cm³/mol. The van der Waals surface area contributed by atoms with E-state index in [2.05, 4.69) is 51.1 Å². The van der Waals surface area contributed by atoms with Crippen LogP contribution in [0.3, 0.4) is 0 Å². The van der Waals surface area contributed by atoms with Crippen molar-refractivity contribution in [3.05, 3.63) is 50.4 Å². The van der Waals surface area contributed by atoms with Gasteiger partial charge in [-0.15, -0.1) is 0 Å². The minimum absolute atomic E-state index is 0.000369. The van der Waals surface area contributed by atoms with Crippen molar-refractivity contribution in [2.45, 2.75) is 58.2 Å². The first-order valence-electron chi connectivity index (χ1n) is 12.4. The van der Waals surface area contributed by atoms with Crippen molar-refractivity contribution in [2.24, 2.45) is 0 Å². The zero-order valence-electron chi connectivity index (χ0n) is 21.6. The van der Waals surface area contributed by atoms with Crippen LogP contribution in [0.5, 0.6) is 5.88 Å². The van der Waals surface area contributed by atoms with Gasteiger partial charge >= 0.3 is 0 Å². The van der Waals surface area contributed by atoms with E-state index >= 15 is 0 Å². The van der Waals surface area contributed by atoms with Crippen molar-refractivity contribution in [1.82, 2.24) is 25.2 Å². The number of aromatic nitrogens is 3. The molecule has 2 aromatic heterocycles. The van der Waals surface area contributed by atoms with Gasteiger partial charge in [0.2, 0.25) is 11.3 Å². The molecular weight excluding hydrogens is 480 g/mol. The number of hydrogen-bond acceptors (Lipinski definition) is 6. The van der Waals surface area contributed by atoms with Gasteiger partial charge in [0.1, 0.15) is 5.52 Å². The number of amides is 1. The van der Waals surface area contributed by atoms with Crippen molar-refractivity contribution >= 4 is 34.4 Å². The van der Waals surface area contributed by atoms with Gasteiger partial charge in [-0.25, -0.2) is 4.98 Å². The summed E-state index contributed by atoms with van der Waals surface area (Å²) in [5, 5.41) is 3.39. The third-order valence-electron chi connectivity index (χ3n) is 7.35. The Morgan fingerprint density at radius 2 is 1.92 bits per heavy atom. The van der Waals surface area contributed by atoms with Gasteiger partial charge in [-0.05, 0) is 71.3 Å². The molecule has 1 aliphatic rings. The lowest BCUT2D eigenvalue weighted by molar-refractivity contribution is 0.0950. The Balaban J connectivity index is 1.57. The Bertz CT molecular complexity index is 1290. The number of imidazole rings is 1. The summed E-state index contributed by atoms with van der Waals surface area (Å²) in [4.78, 5) is 40.8. The number of hydrogen-bond donors (Lipinski definition) is 3. The maximum Gasteiger partial charge on any atom is 0.251 e. The molecule has 1 saturated carbocycles. The second-order valence-electron chi connectivity index (χ2n) is 9.58. The van der Waals surface area contributed by atoms with E-state index in [4.69, 9.17) is 16.3 Å². The van der Waals surface area contributed by atoms with Crippen LogP contribution < -0.4 is 20.4 Å². The number of ether oxygens (including phenoxy) is 1. The van der Waals surface area contributed by atoms with E-state index < -0.39 is 0 Å². The maximum atomic E-state index is 13.3. The molecule has 3 N–H and O–H groups in total. The van der Waals surface area contributed by atoms with Crippen LogP contribution in [-0.2, 0) is 6.54 Å². The molecule has 0 bridgehead atoms. The van der Waals surface area contributed by atoms with Gasteiger partial charge in [-0.3, -0.25) is 9.59 Å². The number of benzene rings is 1. The van der Waals surface area contributed by atoms with E-state index in [-0.39, 0.29) is 23.8 Å². The van der Waals surface area contributed by atoms with E-state index in [0.717, 1.165) is 43.5 Å². The summed E-state index contributed by atoms with van der Waals surface area (Å²) < 4.78 is 5.35. The van der Waals surface area contributed by atoms with Crippen LogP contribution in [0, 0.1) is 6.92 Å². The van der Waals surface area contributed by atoms with E-state index in [1.165, 1.54) is 13.4 Å². The van der Waals surface area contributed by atoms with Gasteiger partial charge < -0.3 is 29.8 Å². The lowest BCUT2D eigenvalue weighted by Crippen LogP contribution is -2.42. The smallest absolute Gasteiger partial charge is 0.251 e. The Hall–Kier alpha value is -3.04. The lowest BCUT2D eigenvalue weighted by atomic mass is 9.89. The second-order valence-corrected chi connectivity index (χ2v) is 10.0. The Kier molecular flexibility index (Phi) is 7.90. The van der Waals surface area contributed by atoms with Gasteiger partial charge in [-0.1, -0.05) is 11.6 Å². The number of fused-ring (bicyclic) bond motifs is 1. The molecule has 36 heavy (non-hydrogen) atoms. The minimum atomic E-state index is -0.297. The van der Waals surface area contributed by atoms with Gasteiger partial charge in [-0.2, -0.15) is 0 Å². The average Bonchev–Trinajstić information content (AvgIpc) is 3.34. The highest BCUT2D eigenvalue weighted by Crippen LogP contribution is 2.34. The summed E-state index contributed by atoms with van der Waals surface area (Å²) in [7, 11) is 5.75. The fourth-order valence-electron chi connectivity index (χ4n) is 5.31. The highest BCUT2D eigenvalue weighted by atomic mass is 35.5. The molecule has 9 nitrogen and oxygen atoms in total. The molecule has 10 heteroatoms. The molecule has 1 aromatic carbocycles. The zero-order chi connectivity index (χ0) is 26.0. The third-order valence-corrected chi connectivity index (χ3v) is 7.57. The van der Waals surface area contributed by atoms with Crippen molar-refractivity contribution < 1.29 is 9.53 Å². The first-order chi connectivity index (χ1) is 17.2. The fourth-order valence-corrected chi connectivity index (χ4v) is 5.52. The van der Waals surface area contributed by atoms with Crippen LogP contribution in [-0.4, -0.2) is 65.6 Å². The van der Waals surface area contributed by atoms with Crippen molar-refractivity contribution in [3.8, 4) is 5.88 Å². The second kappa shape index (κ2) is 10.9. The molecule has 194 valence electrons. The summed E-state index contributed by atoms with van der Waals surface area (Å²) in [6.45, 7) is 4.93. The Labute approximate surface area is 216 Å². The molecule has 0 unspecified atom stereocenters. The molecular formula is C26H35ClN6O3. The number of nitrogens with zero attached hydrogens (tertiary/aromatic N) is 3. The summed E-state index contributed by atoms with van der Waals surface area (Å²) >= 11 is 6.51. The molecule has 0 aliphatic heterocycles. The highest BCUT2D eigenvalue weighted by Gasteiger charge is 2.28. The van der Waals surface area contributed by atoms with E-state index in [1.807, 2.05) is 13.0 Å². The zero-order valence-corrected chi connectivity index (χ0v) is 22.3. The molecule has 4 rings (SSSR count). The van der Waals surface area contributed by atoms with Crippen LogP contribution in [0.25, 0.3) is 11.2 Å².